The Morgan fingerprint density at radius 2 is 2.18 bits per heavy atom. The van der Waals surface area contributed by atoms with E-state index in [4.69, 9.17) is 10.2 Å². The van der Waals surface area contributed by atoms with Crippen LogP contribution in [0, 0.1) is 0 Å². The van der Waals surface area contributed by atoms with Crippen molar-refractivity contribution in [3.8, 4) is 0 Å². The highest BCUT2D eigenvalue weighted by Crippen LogP contribution is 2.14. The Labute approximate surface area is 97.4 Å². The predicted octanol–water partition coefficient (Wildman–Crippen LogP) is 1.58. The summed E-state index contributed by atoms with van der Waals surface area (Å²) in [6, 6.07) is 5.19. The summed E-state index contributed by atoms with van der Waals surface area (Å²) in [5.41, 5.74) is 6.37. The molecule has 0 fully saturated rings. The molecule has 2 aromatic rings. The Bertz CT molecular complexity index is 641. The molecule has 0 aliphatic carbocycles. The number of fused-ring (bicyclic) bond motifs is 1. The Hall–Kier alpha value is -2.20. The number of benzene rings is 1. The van der Waals surface area contributed by atoms with Gasteiger partial charge in [-0.05, 0) is 17.7 Å². The van der Waals surface area contributed by atoms with Gasteiger partial charge in [-0.3, -0.25) is 9.59 Å². The summed E-state index contributed by atoms with van der Waals surface area (Å²) < 4.78 is 5.19. The van der Waals surface area contributed by atoms with Crippen LogP contribution in [0.2, 0.25) is 0 Å². The molecule has 0 radical (unpaired) electrons. The topological polar surface area (TPSA) is 73.3 Å². The fourth-order valence-corrected chi connectivity index (χ4v) is 1.55. The SMILES string of the molecule is NCC=Cc1ccc2occ(C=O)c(=O)c2c1. The molecule has 4 heteroatoms. The highest BCUT2D eigenvalue weighted by Gasteiger charge is 2.05. The van der Waals surface area contributed by atoms with Gasteiger partial charge in [0.2, 0.25) is 5.43 Å². The second-order valence-electron chi connectivity index (χ2n) is 3.53. The molecule has 0 spiro atoms. The first-order chi connectivity index (χ1) is 8.26. The number of aldehydes is 1. The third kappa shape index (κ3) is 2.16. The monoisotopic (exact) mass is 229 g/mol. The van der Waals surface area contributed by atoms with Crippen LogP contribution in [-0.2, 0) is 0 Å². The summed E-state index contributed by atoms with van der Waals surface area (Å²) in [4.78, 5) is 22.5. The first-order valence-electron chi connectivity index (χ1n) is 5.13. The van der Waals surface area contributed by atoms with Crippen LogP contribution < -0.4 is 11.2 Å². The second kappa shape index (κ2) is 4.76. The summed E-state index contributed by atoms with van der Waals surface area (Å²) in [6.07, 6.45) is 5.26. The third-order valence-corrected chi connectivity index (χ3v) is 2.40. The van der Waals surface area contributed by atoms with Gasteiger partial charge in [-0.15, -0.1) is 0 Å². The maximum absolute atomic E-state index is 11.8. The predicted molar refractivity (Wildman–Crippen MR) is 66.0 cm³/mol. The van der Waals surface area contributed by atoms with E-state index >= 15 is 0 Å². The van der Waals surface area contributed by atoms with Crippen LogP contribution in [0.5, 0.6) is 0 Å². The lowest BCUT2D eigenvalue weighted by Crippen LogP contribution is -2.07. The Morgan fingerprint density at radius 3 is 2.88 bits per heavy atom. The minimum absolute atomic E-state index is 0.0254. The molecule has 17 heavy (non-hydrogen) atoms. The van der Waals surface area contributed by atoms with Gasteiger partial charge < -0.3 is 10.2 Å². The molecule has 1 aromatic carbocycles. The number of carbonyl (C=O) groups excluding carboxylic acids is 1. The van der Waals surface area contributed by atoms with Crippen molar-refractivity contribution in [1.82, 2.24) is 0 Å². The lowest BCUT2D eigenvalue weighted by atomic mass is 10.1. The number of nitrogens with two attached hydrogens (primary N) is 1. The average Bonchev–Trinajstić information content (AvgIpc) is 2.37. The highest BCUT2D eigenvalue weighted by molar-refractivity contribution is 5.85. The van der Waals surface area contributed by atoms with Gasteiger partial charge in [0.1, 0.15) is 11.8 Å². The van der Waals surface area contributed by atoms with Crippen LogP contribution >= 0.6 is 0 Å². The van der Waals surface area contributed by atoms with Gasteiger partial charge in [0.25, 0.3) is 0 Å². The van der Waals surface area contributed by atoms with E-state index in [0.717, 1.165) is 5.56 Å². The molecule has 0 amide bonds. The molecule has 0 unspecified atom stereocenters. The molecule has 0 bridgehead atoms. The Balaban J connectivity index is 2.66. The molecule has 0 saturated carbocycles. The molecule has 1 heterocycles. The molecule has 2 rings (SSSR count). The zero-order valence-corrected chi connectivity index (χ0v) is 9.05. The van der Waals surface area contributed by atoms with Gasteiger partial charge >= 0.3 is 0 Å². The van der Waals surface area contributed by atoms with E-state index in [1.54, 1.807) is 18.2 Å². The summed E-state index contributed by atoms with van der Waals surface area (Å²) in [7, 11) is 0. The van der Waals surface area contributed by atoms with Crippen molar-refractivity contribution in [1.29, 1.82) is 0 Å². The summed E-state index contributed by atoms with van der Waals surface area (Å²) in [6.45, 7) is 0.432. The van der Waals surface area contributed by atoms with Gasteiger partial charge in [0, 0.05) is 6.54 Å². The molecular formula is C13H11NO3. The van der Waals surface area contributed by atoms with Crippen molar-refractivity contribution in [2.75, 3.05) is 6.54 Å². The molecule has 4 nitrogen and oxygen atoms in total. The third-order valence-electron chi connectivity index (χ3n) is 2.40. The van der Waals surface area contributed by atoms with Crippen LogP contribution in [0.1, 0.15) is 15.9 Å². The second-order valence-corrected chi connectivity index (χ2v) is 3.53. The van der Waals surface area contributed by atoms with Gasteiger partial charge in [0.15, 0.2) is 6.29 Å². The maximum Gasteiger partial charge on any atom is 0.203 e. The van der Waals surface area contributed by atoms with Gasteiger partial charge in [-0.2, -0.15) is 0 Å². The van der Waals surface area contributed by atoms with Crippen molar-refractivity contribution in [2.24, 2.45) is 5.73 Å². The largest absolute Gasteiger partial charge is 0.463 e. The van der Waals surface area contributed by atoms with Gasteiger partial charge in [0.05, 0.1) is 10.9 Å². The van der Waals surface area contributed by atoms with Crippen molar-refractivity contribution < 1.29 is 9.21 Å². The highest BCUT2D eigenvalue weighted by atomic mass is 16.3. The summed E-state index contributed by atoms with van der Waals surface area (Å²) in [5.74, 6) is 0. The number of hydrogen-bond acceptors (Lipinski definition) is 4. The van der Waals surface area contributed by atoms with E-state index in [1.807, 2.05) is 12.1 Å². The number of hydrogen-bond donors (Lipinski definition) is 1. The lowest BCUT2D eigenvalue weighted by Gasteiger charge is -1.99. The van der Waals surface area contributed by atoms with E-state index in [0.29, 0.717) is 23.8 Å². The zero-order valence-electron chi connectivity index (χ0n) is 9.05. The molecule has 0 aliphatic rings. The summed E-state index contributed by atoms with van der Waals surface area (Å²) >= 11 is 0. The minimum atomic E-state index is -0.316. The molecule has 0 aliphatic heterocycles. The van der Waals surface area contributed by atoms with Crippen LogP contribution in [0.3, 0.4) is 0 Å². The van der Waals surface area contributed by atoms with E-state index in [9.17, 15) is 9.59 Å². The van der Waals surface area contributed by atoms with E-state index in [2.05, 4.69) is 0 Å². The van der Waals surface area contributed by atoms with Crippen LogP contribution in [-0.4, -0.2) is 12.8 Å². The van der Waals surface area contributed by atoms with Crippen molar-refractivity contribution >= 4 is 23.3 Å². The first-order valence-corrected chi connectivity index (χ1v) is 5.13. The standard InChI is InChI=1S/C13H11NO3/c14-5-1-2-9-3-4-12-11(6-9)13(16)10(7-15)8-17-12/h1-4,6-8H,5,14H2. The van der Waals surface area contributed by atoms with Gasteiger partial charge in [-0.1, -0.05) is 18.2 Å². The summed E-state index contributed by atoms with van der Waals surface area (Å²) in [5, 5.41) is 0.397. The van der Waals surface area contributed by atoms with Crippen LogP contribution in [0.4, 0.5) is 0 Å². The fourth-order valence-electron chi connectivity index (χ4n) is 1.55. The van der Waals surface area contributed by atoms with Crippen molar-refractivity contribution in [3.05, 3.63) is 51.9 Å². The molecule has 0 atom stereocenters. The smallest absolute Gasteiger partial charge is 0.203 e. The first kappa shape index (κ1) is 11.3. The van der Waals surface area contributed by atoms with Crippen LogP contribution in [0.15, 0.2) is 39.7 Å². The maximum atomic E-state index is 11.8. The molecule has 86 valence electrons. The lowest BCUT2D eigenvalue weighted by molar-refractivity contribution is 0.112. The zero-order chi connectivity index (χ0) is 12.3. The Morgan fingerprint density at radius 1 is 1.35 bits per heavy atom. The fraction of sp³-hybridized carbons (Fsp3) is 0.0769. The van der Waals surface area contributed by atoms with Crippen molar-refractivity contribution in [3.63, 3.8) is 0 Å². The average molecular weight is 229 g/mol. The molecule has 1 aromatic heterocycles. The van der Waals surface area contributed by atoms with Crippen molar-refractivity contribution in [2.45, 2.75) is 0 Å². The van der Waals surface area contributed by atoms with E-state index in [1.165, 1.54) is 6.26 Å². The van der Waals surface area contributed by atoms with E-state index < -0.39 is 0 Å². The van der Waals surface area contributed by atoms with E-state index in [-0.39, 0.29) is 11.0 Å². The molecular weight excluding hydrogens is 218 g/mol. The normalized spacial score (nSPS) is 11.1. The number of rotatable bonds is 3. The van der Waals surface area contributed by atoms with Gasteiger partial charge in [-0.25, -0.2) is 0 Å². The quantitative estimate of drug-likeness (QED) is 0.811. The molecule has 0 saturated heterocycles. The van der Waals surface area contributed by atoms with Crippen LogP contribution in [0.25, 0.3) is 17.0 Å². The number of carbonyl (C=O) groups is 1. The molecule has 2 N–H and O–H groups in total. The minimum Gasteiger partial charge on any atom is -0.463 e. The Kier molecular flexibility index (Phi) is 3.16.